The minimum absolute atomic E-state index is 0.165. The van der Waals surface area contributed by atoms with Crippen LogP contribution in [0.1, 0.15) is 24.3 Å². The van der Waals surface area contributed by atoms with E-state index in [4.69, 9.17) is 13.9 Å². The Morgan fingerprint density at radius 2 is 2.17 bits per heavy atom. The summed E-state index contributed by atoms with van der Waals surface area (Å²) in [5.74, 6) is 2.59. The zero-order chi connectivity index (χ0) is 12.4. The van der Waals surface area contributed by atoms with E-state index in [0.29, 0.717) is 13.3 Å². The molecule has 0 bridgehead atoms. The van der Waals surface area contributed by atoms with Crippen molar-refractivity contribution in [3.05, 3.63) is 47.9 Å². The van der Waals surface area contributed by atoms with Gasteiger partial charge in [-0.2, -0.15) is 0 Å². The van der Waals surface area contributed by atoms with Gasteiger partial charge in [-0.1, -0.05) is 12.1 Å². The highest BCUT2D eigenvalue weighted by Crippen LogP contribution is 2.35. The zero-order valence-corrected chi connectivity index (χ0v) is 10.2. The summed E-state index contributed by atoms with van der Waals surface area (Å²) in [7, 11) is 0. The molecule has 4 nitrogen and oxygen atoms in total. The molecule has 94 valence electrons. The van der Waals surface area contributed by atoms with Gasteiger partial charge in [-0.3, -0.25) is 0 Å². The highest BCUT2D eigenvalue weighted by Gasteiger charge is 2.17. The Kier molecular flexibility index (Phi) is 2.94. The molecule has 0 amide bonds. The quantitative estimate of drug-likeness (QED) is 0.899. The molecule has 4 heteroatoms. The maximum atomic E-state index is 5.47. The summed E-state index contributed by atoms with van der Waals surface area (Å²) in [5.41, 5.74) is 1.10. The average Bonchev–Trinajstić information content (AvgIpc) is 3.05. The summed E-state index contributed by atoms with van der Waals surface area (Å²) in [4.78, 5) is 0. The van der Waals surface area contributed by atoms with Crippen LogP contribution >= 0.6 is 0 Å². The van der Waals surface area contributed by atoms with E-state index < -0.39 is 0 Å². The summed E-state index contributed by atoms with van der Waals surface area (Å²) >= 11 is 0. The topological polar surface area (TPSA) is 43.6 Å². The van der Waals surface area contributed by atoms with Crippen LogP contribution in [0.3, 0.4) is 0 Å². The van der Waals surface area contributed by atoms with E-state index in [9.17, 15) is 0 Å². The molecular formula is C14H15NO3. The van der Waals surface area contributed by atoms with Gasteiger partial charge in [0, 0.05) is 12.1 Å². The number of hydrogen-bond acceptors (Lipinski definition) is 4. The second kappa shape index (κ2) is 4.74. The number of furan rings is 1. The standard InChI is InChI=1S/C14H15NO3/c1-10(12-6-3-7-16-12)15-8-11-4-2-5-13-14(11)18-9-17-13/h2-7,10,15H,8-9H2,1H3/t10-/m1/s1. The van der Waals surface area contributed by atoms with Crippen LogP contribution in [-0.2, 0) is 6.54 Å². The number of ether oxygens (including phenoxy) is 2. The Balaban J connectivity index is 1.69. The molecule has 0 unspecified atom stereocenters. The van der Waals surface area contributed by atoms with Gasteiger partial charge in [0.1, 0.15) is 5.76 Å². The minimum Gasteiger partial charge on any atom is -0.468 e. The molecule has 0 spiro atoms. The molecule has 1 aromatic heterocycles. The van der Waals surface area contributed by atoms with Gasteiger partial charge in [0.15, 0.2) is 11.5 Å². The fourth-order valence-corrected chi connectivity index (χ4v) is 2.03. The monoisotopic (exact) mass is 245 g/mol. The Morgan fingerprint density at radius 3 is 3.00 bits per heavy atom. The third-order valence-corrected chi connectivity index (χ3v) is 3.05. The van der Waals surface area contributed by atoms with Crippen molar-refractivity contribution in [3.8, 4) is 11.5 Å². The first kappa shape index (κ1) is 11.2. The molecular weight excluding hydrogens is 230 g/mol. The third-order valence-electron chi connectivity index (χ3n) is 3.05. The van der Waals surface area contributed by atoms with Crippen LogP contribution in [0.4, 0.5) is 0 Å². The molecule has 0 fully saturated rings. The summed E-state index contributed by atoms with van der Waals surface area (Å²) in [6.45, 7) is 3.09. The molecule has 1 atom stereocenters. The van der Waals surface area contributed by atoms with Crippen molar-refractivity contribution >= 4 is 0 Å². The van der Waals surface area contributed by atoms with Crippen molar-refractivity contribution in [1.29, 1.82) is 0 Å². The number of para-hydroxylation sites is 1. The average molecular weight is 245 g/mol. The van der Waals surface area contributed by atoms with Gasteiger partial charge in [-0.15, -0.1) is 0 Å². The first-order valence-corrected chi connectivity index (χ1v) is 5.99. The lowest BCUT2D eigenvalue weighted by Gasteiger charge is -2.12. The predicted molar refractivity (Wildman–Crippen MR) is 66.5 cm³/mol. The van der Waals surface area contributed by atoms with Crippen molar-refractivity contribution in [1.82, 2.24) is 5.32 Å². The summed E-state index contributed by atoms with van der Waals surface area (Å²) in [6, 6.07) is 9.95. The van der Waals surface area contributed by atoms with Crippen LogP contribution < -0.4 is 14.8 Å². The summed E-state index contributed by atoms with van der Waals surface area (Å²) in [6.07, 6.45) is 1.69. The number of benzene rings is 1. The summed E-state index contributed by atoms with van der Waals surface area (Å²) < 4.78 is 16.2. The SMILES string of the molecule is C[C@@H](NCc1cccc2c1OCO2)c1ccco1. The number of fused-ring (bicyclic) bond motifs is 1. The second-order valence-corrected chi connectivity index (χ2v) is 4.27. The Hall–Kier alpha value is -1.94. The highest BCUT2D eigenvalue weighted by molar-refractivity contribution is 5.48. The second-order valence-electron chi connectivity index (χ2n) is 4.27. The molecule has 1 aromatic carbocycles. The minimum atomic E-state index is 0.165. The zero-order valence-electron chi connectivity index (χ0n) is 10.2. The van der Waals surface area contributed by atoms with Crippen LogP contribution in [0, 0.1) is 0 Å². The van der Waals surface area contributed by atoms with E-state index in [1.54, 1.807) is 6.26 Å². The third kappa shape index (κ3) is 2.07. The van der Waals surface area contributed by atoms with Gasteiger partial charge >= 0.3 is 0 Å². The largest absolute Gasteiger partial charge is 0.468 e. The van der Waals surface area contributed by atoms with Crippen LogP contribution in [-0.4, -0.2) is 6.79 Å². The van der Waals surface area contributed by atoms with E-state index in [0.717, 1.165) is 22.8 Å². The number of nitrogens with one attached hydrogen (secondary N) is 1. The van der Waals surface area contributed by atoms with Gasteiger partial charge in [-0.05, 0) is 25.1 Å². The van der Waals surface area contributed by atoms with Gasteiger partial charge in [0.2, 0.25) is 6.79 Å². The molecule has 1 N–H and O–H groups in total. The van der Waals surface area contributed by atoms with Crippen molar-refractivity contribution < 1.29 is 13.9 Å². The molecule has 18 heavy (non-hydrogen) atoms. The maximum Gasteiger partial charge on any atom is 0.231 e. The van der Waals surface area contributed by atoms with E-state index in [-0.39, 0.29) is 6.04 Å². The molecule has 1 aliphatic rings. The first-order chi connectivity index (χ1) is 8.84. The predicted octanol–water partition coefficient (Wildman–Crippen LogP) is 2.86. The first-order valence-electron chi connectivity index (χ1n) is 5.99. The lowest BCUT2D eigenvalue weighted by molar-refractivity contribution is 0.173. The van der Waals surface area contributed by atoms with Crippen LogP contribution in [0.25, 0.3) is 0 Å². The number of hydrogen-bond donors (Lipinski definition) is 1. The fraction of sp³-hybridized carbons (Fsp3) is 0.286. The molecule has 0 aliphatic carbocycles. The molecule has 2 aromatic rings. The Labute approximate surface area is 106 Å². The van der Waals surface area contributed by atoms with Crippen molar-refractivity contribution in [2.75, 3.05) is 6.79 Å². The van der Waals surface area contributed by atoms with E-state index >= 15 is 0 Å². The molecule has 0 saturated heterocycles. The molecule has 1 aliphatic heterocycles. The van der Waals surface area contributed by atoms with Gasteiger partial charge in [0.05, 0.1) is 12.3 Å². The summed E-state index contributed by atoms with van der Waals surface area (Å²) in [5, 5.41) is 3.40. The van der Waals surface area contributed by atoms with Crippen molar-refractivity contribution in [2.45, 2.75) is 19.5 Å². The normalized spacial score (nSPS) is 14.7. The Bertz CT molecular complexity index is 522. The van der Waals surface area contributed by atoms with E-state index in [1.165, 1.54) is 0 Å². The Morgan fingerprint density at radius 1 is 1.22 bits per heavy atom. The smallest absolute Gasteiger partial charge is 0.231 e. The fourth-order valence-electron chi connectivity index (χ4n) is 2.03. The van der Waals surface area contributed by atoms with Crippen molar-refractivity contribution in [2.24, 2.45) is 0 Å². The van der Waals surface area contributed by atoms with Crippen LogP contribution in [0.15, 0.2) is 41.0 Å². The molecule has 2 heterocycles. The molecule has 0 radical (unpaired) electrons. The van der Waals surface area contributed by atoms with Gasteiger partial charge in [-0.25, -0.2) is 0 Å². The highest BCUT2D eigenvalue weighted by atomic mass is 16.7. The van der Waals surface area contributed by atoms with Crippen molar-refractivity contribution in [3.63, 3.8) is 0 Å². The van der Waals surface area contributed by atoms with Gasteiger partial charge < -0.3 is 19.2 Å². The van der Waals surface area contributed by atoms with E-state index in [2.05, 4.69) is 12.2 Å². The molecule has 0 saturated carbocycles. The lowest BCUT2D eigenvalue weighted by atomic mass is 10.1. The lowest BCUT2D eigenvalue weighted by Crippen LogP contribution is -2.17. The maximum absolute atomic E-state index is 5.47. The van der Waals surface area contributed by atoms with E-state index in [1.807, 2.05) is 30.3 Å². The number of rotatable bonds is 4. The van der Waals surface area contributed by atoms with Crippen LogP contribution in [0.5, 0.6) is 11.5 Å². The molecule has 3 rings (SSSR count). The van der Waals surface area contributed by atoms with Gasteiger partial charge in [0.25, 0.3) is 0 Å². The van der Waals surface area contributed by atoms with Crippen LogP contribution in [0.2, 0.25) is 0 Å².